The van der Waals surface area contributed by atoms with E-state index in [1.807, 2.05) is 0 Å². The van der Waals surface area contributed by atoms with Gasteiger partial charge >= 0.3 is 65.1 Å². The minimum Gasteiger partial charge on any atom is -1.00 e. The average molecular weight is 262 g/mol. The van der Waals surface area contributed by atoms with Crippen molar-refractivity contribution in [1.29, 1.82) is 0 Å². The molecular formula is C9H12Na2O4S. The first-order valence-electron chi connectivity index (χ1n) is 3.89. The standard InChI is InChI=1S/C9H10O4S.2Na.2H/c1-5-3-7(9(10)11)4-8(6(5)2)14(12)13;;;;/h3-4H,1-2H3,(H,10,11)(H,12,13);;;;/q;2*+1;2*-1. The van der Waals surface area contributed by atoms with E-state index < -0.39 is 17.0 Å². The van der Waals surface area contributed by atoms with Crippen molar-refractivity contribution in [2.45, 2.75) is 18.7 Å². The van der Waals surface area contributed by atoms with Crippen molar-refractivity contribution >= 4 is 17.0 Å². The summed E-state index contributed by atoms with van der Waals surface area (Å²) < 4.78 is 19.8. The third kappa shape index (κ3) is 4.58. The van der Waals surface area contributed by atoms with E-state index in [2.05, 4.69) is 0 Å². The topological polar surface area (TPSA) is 74.6 Å². The molecule has 1 rings (SSSR count). The minimum absolute atomic E-state index is 0. The molecule has 4 nitrogen and oxygen atoms in total. The molecule has 80 valence electrons. The summed E-state index contributed by atoms with van der Waals surface area (Å²) in [5.74, 6) is -1.10. The number of aryl methyl sites for hydroxylation is 1. The molecule has 0 aliphatic rings. The van der Waals surface area contributed by atoms with E-state index in [1.165, 1.54) is 12.1 Å². The van der Waals surface area contributed by atoms with Crippen molar-refractivity contribution in [2.24, 2.45) is 0 Å². The van der Waals surface area contributed by atoms with E-state index in [1.54, 1.807) is 13.8 Å². The quantitative estimate of drug-likeness (QED) is 0.419. The van der Waals surface area contributed by atoms with Crippen LogP contribution in [-0.2, 0) is 11.1 Å². The smallest absolute Gasteiger partial charge is 1.00 e. The van der Waals surface area contributed by atoms with Crippen LogP contribution >= 0.6 is 0 Å². The SMILES string of the molecule is Cc1cc(C(=O)O)cc(S(=O)O)c1C.[H-].[H-].[Na+].[Na+]. The summed E-state index contributed by atoms with van der Waals surface area (Å²) in [6.45, 7) is 3.39. The maximum absolute atomic E-state index is 10.9. The van der Waals surface area contributed by atoms with Gasteiger partial charge in [0.1, 0.15) is 0 Å². The molecule has 1 aromatic rings. The monoisotopic (exact) mass is 262 g/mol. The van der Waals surface area contributed by atoms with Gasteiger partial charge in [-0.1, -0.05) is 0 Å². The predicted molar refractivity (Wildman–Crippen MR) is 54.1 cm³/mol. The largest absolute Gasteiger partial charge is 1.00 e. The third-order valence-corrected chi connectivity index (χ3v) is 2.86. The Hall–Kier alpha value is 0.800. The normalized spacial score (nSPS) is 10.9. The van der Waals surface area contributed by atoms with Crippen LogP contribution in [0, 0.1) is 13.8 Å². The summed E-state index contributed by atoms with van der Waals surface area (Å²) in [5, 5.41) is 8.73. The molecule has 0 saturated carbocycles. The Morgan fingerprint density at radius 3 is 2.19 bits per heavy atom. The van der Waals surface area contributed by atoms with Gasteiger partial charge in [0.25, 0.3) is 0 Å². The molecule has 0 spiro atoms. The van der Waals surface area contributed by atoms with Crippen molar-refractivity contribution in [3.05, 3.63) is 28.8 Å². The Labute approximate surface area is 144 Å². The first-order valence-corrected chi connectivity index (χ1v) is 4.99. The number of hydrogen-bond acceptors (Lipinski definition) is 2. The van der Waals surface area contributed by atoms with E-state index in [0.717, 1.165) is 0 Å². The minimum atomic E-state index is -2.14. The van der Waals surface area contributed by atoms with Crippen LogP contribution in [-0.4, -0.2) is 19.8 Å². The third-order valence-electron chi connectivity index (χ3n) is 2.05. The number of aromatic carboxylic acids is 1. The Bertz CT molecular complexity index is 429. The molecule has 0 amide bonds. The fourth-order valence-corrected chi connectivity index (χ4v) is 1.78. The molecule has 0 aromatic heterocycles. The van der Waals surface area contributed by atoms with Gasteiger partial charge in [-0.3, -0.25) is 0 Å². The number of hydrogen-bond donors (Lipinski definition) is 2. The molecule has 0 aliphatic heterocycles. The van der Waals surface area contributed by atoms with Gasteiger partial charge in [-0.25, -0.2) is 9.00 Å². The first-order chi connectivity index (χ1) is 6.43. The molecule has 0 bridgehead atoms. The molecule has 2 N–H and O–H groups in total. The summed E-state index contributed by atoms with van der Waals surface area (Å²) >= 11 is -2.14. The molecular weight excluding hydrogens is 250 g/mol. The van der Waals surface area contributed by atoms with Gasteiger partial charge in [-0.05, 0) is 37.1 Å². The Morgan fingerprint density at radius 2 is 1.81 bits per heavy atom. The van der Waals surface area contributed by atoms with Crippen molar-refractivity contribution in [3.63, 3.8) is 0 Å². The van der Waals surface area contributed by atoms with Crippen LogP contribution in [0.3, 0.4) is 0 Å². The zero-order valence-corrected chi connectivity index (χ0v) is 14.6. The average Bonchev–Trinajstić information content (AvgIpc) is 2.08. The Kier molecular flexibility index (Phi) is 9.57. The Morgan fingerprint density at radius 1 is 1.31 bits per heavy atom. The van der Waals surface area contributed by atoms with Gasteiger partial charge in [0.2, 0.25) is 0 Å². The number of rotatable bonds is 2. The van der Waals surface area contributed by atoms with Gasteiger partial charge in [0.05, 0.1) is 10.5 Å². The number of carboxylic acid groups (broad SMARTS) is 1. The summed E-state index contributed by atoms with van der Waals surface area (Å²) in [4.78, 5) is 10.8. The van der Waals surface area contributed by atoms with Gasteiger partial charge in [0.15, 0.2) is 11.1 Å². The fourth-order valence-electron chi connectivity index (χ4n) is 1.13. The summed E-state index contributed by atoms with van der Waals surface area (Å²) in [6.07, 6.45) is 0. The van der Waals surface area contributed by atoms with Crippen LogP contribution in [0.5, 0.6) is 0 Å². The van der Waals surface area contributed by atoms with Gasteiger partial charge in [-0.15, -0.1) is 0 Å². The zero-order valence-electron chi connectivity index (χ0n) is 11.8. The second-order valence-electron chi connectivity index (χ2n) is 2.97. The number of benzene rings is 1. The summed E-state index contributed by atoms with van der Waals surface area (Å²) in [7, 11) is 0. The second-order valence-corrected chi connectivity index (χ2v) is 3.91. The summed E-state index contributed by atoms with van der Waals surface area (Å²) in [6, 6.07) is 2.70. The predicted octanol–water partition coefficient (Wildman–Crippen LogP) is -4.18. The van der Waals surface area contributed by atoms with Crippen LogP contribution < -0.4 is 59.1 Å². The molecule has 0 radical (unpaired) electrons. The first kappa shape index (κ1) is 19.1. The van der Waals surface area contributed by atoms with Gasteiger partial charge < -0.3 is 12.5 Å². The van der Waals surface area contributed by atoms with Crippen molar-refractivity contribution in [2.75, 3.05) is 0 Å². The maximum atomic E-state index is 10.9. The molecule has 0 saturated heterocycles. The molecule has 0 aliphatic carbocycles. The fraction of sp³-hybridized carbons (Fsp3) is 0.222. The molecule has 1 aromatic carbocycles. The van der Waals surface area contributed by atoms with Crippen molar-refractivity contribution in [1.82, 2.24) is 0 Å². The van der Waals surface area contributed by atoms with Crippen molar-refractivity contribution in [3.8, 4) is 0 Å². The summed E-state index contributed by atoms with van der Waals surface area (Å²) in [5.41, 5.74) is 1.38. The maximum Gasteiger partial charge on any atom is 1.00 e. The molecule has 1 unspecified atom stereocenters. The molecule has 16 heavy (non-hydrogen) atoms. The van der Waals surface area contributed by atoms with Crippen molar-refractivity contribution < 1.29 is 80.6 Å². The number of carbonyl (C=O) groups is 1. The van der Waals surface area contributed by atoms with Crippen LogP contribution in [0.1, 0.15) is 24.3 Å². The van der Waals surface area contributed by atoms with Crippen LogP contribution in [0.4, 0.5) is 0 Å². The van der Waals surface area contributed by atoms with E-state index in [0.29, 0.717) is 11.1 Å². The van der Waals surface area contributed by atoms with Crippen LogP contribution in [0.15, 0.2) is 17.0 Å². The molecule has 0 fully saturated rings. The zero-order chi connectivity index (χ0) is 10.9. The molecule has 1 atom stereocenters. The van der Waals surface area contributed by atoms with E-state index in [-0.39, 0.29) is 72.4 Å². The molecule has 7 heteroatoms. The van der Waals surface area contributed by atoms with Gasteiger partial charge in [-0.2, -0.15) is 0 Å². The number of carboxylic acids is 1. The van der Waals surface area contributed by atoms with Gasteiger partial charge in [0, 0.05) is 0 Å². The van der Waals surface area contributed by atoms with Crippen LogP contribution in [0.25, 0.3) is 0 Å². The van der Waals surface area contributed by atoms with E-state index in [4.69, 9.17) is 9.66 Å². The van der Waals surface area contributed by atoms with Crippen LogP contribution in [0.2, 0.25) is 0 Å². The molecule has 0 heterocycles. The van der Waals surface area contributed by atoms with E-state index in [9.17, 15) is 9.00 Å². The Balaban J connectivity index is -0.000000245. The second kappa shape index (κ2) is 8.00. The van der Waals surface area contributed by atoms with E-state index >= 15 is 0 Å².